The Balaban J connectivity index is 1.68. The Morgan fingerprint density at radius 2 is 1.43 bits per heavy atom. The number of nitrogens with zero attached hydrogens (tertiary/aromatic N) is 1. The lowest BCUT2D eigenvalue weighted by atomic mass is 9.88. The topological polar surface area (TPSA) is 65.1 Å². The zero-order chi connectivity index (χ0) is 20.1. The average molecular weight is 383 g/mol. The average Bonchev–Trinajstić information content (AvgIpc) is 2.77. The van der Waals surface area contributed by atoms with Crippen molar-refractivity contribution in [1.82, 2.24) is 4.90 Å². The van der Waals surface area contributed by atoms with Gasteiger partial charge in [0.05, 0.1) is 21.3 Å². The minimum absolute atomic E-state index is 0.0861. The third-order valence-corrected chi connectivity index (χ3v) is 5.17. The molecule has 2 aromatic rings. The van der Waals surface area contributed by atoms with Crippen molar-refractivity contribution in [2.24, 2.45) is 5.92 Å². The number of rotatable bonds is 6. The van der Waals surface area contributed by atoms with Crippen molar-refractivity contribution in [1.29, 1.82) is 0 Å². The van der Waals surface area contributed by atoms with E-state index in [1.807, 2.05) is 0 Å². The SMILES string of the molecule is COc1ccc(C(=O)C2CCN(C(=O)c3c(OC)cccc3OC)CC2)cc1. The minimum atomic E-state index is -0.135. The molecule has 0 atom stereocenters. The van der Waals surface area contributed by atoms with Gasteiger partial charge in [-0.1, -0.05) is 6.07 Å². The highest BCUT2D eigenvalue weighted by Gasteiger charge is 2.30. The van der Waals surface area contributed by atoms with Crippen LogP contribution < -0.4 is 14.2 Å². The van der Waals surface area contributed by atoms with Crippen molar-refractivity contribution in [3.63, 3.8) is 0 Å². The lowest BCUT2D eigenvalue weighted by Crippen LogP contribution is -2.40. The molecule has 0 radical (unpaired) electrons. The normalized spacial score (nSPS) is 14.5. The molecule has 0 aliphatic carbocycles. The highest BCUT2D eigenvalue weighted by Crippen LogP contribution is 2.31. The maximum absolute atomic E-state index is 13.0. The Morgan fingerprint density at radius 1 is 0.857 bits per heavy atom. The van der Waals surface area contributed by atoms with Gasteiger partial charge >= 0.3 is 0 Å². The van der Waals surface area contributed by atoms with Crippen LogP contribution in [-0.2, 0) is 0 Å². The molecule has 0 spiro atoms. The molecule has 1 saturated heterocycles. The largest absolute Gasteiger partial charge is 0.497 e. The zero-order valence-corrected chi connectivity index (χ0v) is 16.4. The van der Waals surface area contributed by atoms with Gasteiger partial charge in [-0.15, -0.1) is 0 Å². The second-order valence-corrected chi connectivity index (χ2v) is 6.70. The fourth-order valence-electron chi connectivity index (χ4n) is 3.56. The van der Waals surface area contributed by atoms with Crippen molar-refractivity contribution in [3.05, 3.63) is 53.6 Å². The number of hydrogen-bond donors (Lipinski definition) is 0. The smallest absolute Gasteiger partial charge is 0.261 e. The second-order valence-electron chi connectivity index (χ2n) is 6.70. The van der Waals surface area contributed by atoms with Gasteiger partial charge in [0.25, 0.3) is 5.91 Å². The molecule has 28 heavy (non-hydrogen) atoms. The summed E-state index contributed by atoms with van der Waals surface area (Å²) < 4.78 is 15.8. The summed E-state index contributed by atoms with van der Waals surface area (Å²) in [5.41, 5.74) is 1.10. The van der Waals surface area contributed by atoms with E-state index in [0.717, 1.165) is 5.75 Å². The van der Waals surface area contributed by atoms with E-state index in [2.05, 4.69) is 0 Å². The molecule has 3 rings (SSSR count). The number of carbonyl (C=O) groups excluding carboxylic acids is 2. The monoisotopic (exact) mass is 383 g/mol. The van der Waals surface area contributed by atoms with Gasteiger partial charge in [-0.25, -0.2) is 0 Å². The summed E-state index contributed by atoms with van der Waals surface area (Å²) in [5, 5.41) is 0. The summed E-state index contributed by atoms with van der Waals surface area (Å²) in [7, 11) is 4.66. The van der Waals surface area contributed by atoms with Crippen LogP contribution in [0, 0.1) is 5.92 Å². The third kappa shape index (κ3) is 3.96. The molecule has 1 heterocycles. The van der Waals surface area contributed by atoms with Gasteiger partial charge in [-0.3, -0.25) is 9.59 Å². The fourth-order valence-corrected chi connectivity index (χ4v) is 3.56. The molecule has 1 aliphatic heterocycles. The van der Waals surface area contributed by atoms with Crippen molar-refractivity contribution >= 4 is 11.7 Å². The number of carbonyl (C=O) groups is 2. The number of methoxy groups -OCH3 is 3. The predicted octanol–water partition coefficient (Wildman–Crippen LogP) is 3.45. The Kier molecular flexibility index (Phi) is 6.19. The van der Waals surface area contributed by atoms with E-state index in [9.17, 15) is 9.59 Å². The fraction of sp³-hybridized carbons (Fsp3) is 0.364. The van der Waals surface area contributed by atoms with Crippen molar-refractivity contribution in [3.8, 4) is 17.2 Å². The lowest BCUT2D eigenvalue weighted by molar-refractivity contribution is 0.0644. The van der Waals surface area contributed by atoms with Crippen LogP contribution in [0.4, 0.5) is 0 Å². The van der Waals surface area contributed by atoms with E-state index in [1.165, 1.54) is 14.2 Å². The van der Waals surface area contributed by atoms with Crippen LogP contribution in [0.5, 0.6) is 17.2 Å². The molecule has 0 bridgehead atoms. The Hall–Kier alpha value is -3.02. The predicted molar refractivity (Wildman–Crippen MR) is 105 cm³/mol. The molecule has 0 N–H and O–H groups in total. The van der Waals surface area contributed by atoms with Crippen molar-refractivity contribution in [2.45, 2.75) is 12.8 Å². The zero-order valence-electron chi connectivity index (χ0n) is 16.4. The quantitative estimate of drug-likeness (QED) is 0.715. The molecule has 6 heteroatoms. The van der Waals surface area contributed by atoms with Crippen LogP contribution >= 0.6 is 0 Å². The van der Waals surface area contributed by atoms with E-state index in [0.29, 0.717) is 48.6 Å². The molecule has 2 aromatic carbocycles. The van der Waals surface area contributed by atoms with Crippen LogP contribution in [0.2, 0.25) is 0 Å². The Bertz CT molecular complexity index is 816. The molecule has 1 aliphatic rings. The maximum atomic E-state index is 13.0. The van der Waals surface area contributed by atoms with Crippen LogP contribution in [0.1, 0.15) is 33.6 Å². The number of Topliss-reactive ketones (excluding diaryl/α,β-unsaturated/α-hetero) is 1. The first kappa shape index (κ1) is 19.7. The molecule has 1 fully saturated rings. The van der Waals surface area contributed by atoms with Crippen LogP contribution in [-0.4, -0.2) is 51.0 Å². The molecule has 1 amide bonds. The molecular formula is C22H25NO5. The van der Waals surface area contributed by atoms with Crippen LogP contribution in [0.25, 0.3) is 0 Å². The van der Waals surface area contributed by atoms with E-state index in [4.69, 9.17) is 14.2 Å². The first-order valence-corrected chi connectivity index (χ1v) is 9.27. The van der Waals surface area contributed by atoms with Gasteiger partial charge in [-0.05, 0) is 49.2 Å². The molecule has 0 saturated carbocycles. The number of hydrogen-bond acceptors (Lipinski definition) is 5. The van der Waals surface area contributed by atoms with Gasteiger partial charge in [0.1, 0.15) is 22.8 Å². The number of likely N-dealkylation sites (tertiary alicyclic amines) is 1. The Morgan fingerprint density at radius 3 is 1.93 bits per heavy atom. The highest BCUT2D eigenvalue weighted by molar-refractivity contribution is 6.00. The summed E-state index contributed by atoms with van der Waals surface area (Å²) in [6.07, 6.45) is 1.27. The van der Waals surface area contributed by atoms with Gasteiger partial charge in [0.15, 0.2) is 5.78 Å². The van der Waals surface area contributed by atoms with Gasteiger partial charge in [0.2, 0.25) is 0 Å². The maximum Gasteiger partial charge on any atom is 0.261 e. The number of ether oxygens (including phenoxy) is 3. The van der Waals surface area contributed by atoms with Gasteiger partial charge in [0, 0.05) is 24.6 Å². The molecule has 6 nitrogen and oxygen atoms in total. The standard InChI is InChI=1S/C22H25NO5/c1-26-17-9-7-15(8-10-17)21(24)16-11-13-23(14-12-16)22(25)20-18(27-2)5-4-6-19(20)28-3/h4-10,16H,11-14H2,1-3H3. The Labute approximate surface area is 165 Å². The first-order valence-electron chi connectivity index (χ1n) is 9.27. The van der Waals surface area contributed by atoms with E-state index in [1.54, 1.807) is 54.5 Å². The molecule has 0 aromatic heterocycles. The second kappa shape index (κ2) is 8.78. The highest BCUT2D eigenvalue weighted by atomic mass is 16.5. The van der Waals surface area contributed by atoms with Crippen LogP contribution in [0.15, 0.2) is 42.5 Å². The van der Waals surface area contributed by atoms with Crippen molar-refractivity contribution in [2.75, 3.05) is 34.4 Å². The third-order valence-electron chi connectivity index (χ3n) is 5.17. The summed E-state index contributed by atoms with van der Waals surface area (Å²) in [5.74, 6) is 1.59. The molecular weight excluding hydrogens is 358 g/mol. The molecule has 148 valence electrons. The number of piperidine rings is 1. The summed E-state index contributed by atoms with van der Waals surface area (Å²) in [6.45, 7) is 1.04. The van der Waals surface area contributed by atoms with Gasteiger partial charge in [-0.2, -0.15) is 0 Å². The summed E-state index contributed by atoms with van der Waals surface area (Å²) in [4.78, 5) is 27.6. The number of amides is 1. The van der Waals surface area contributed by atoms with E-state index >= 15 is 0 Å². The van der Waals surface area contributed by atoms with E-state index in [-0.39, 0.29) is 17.6 Å². The minimum Gasteiger partial charge on any atom is -0.497 e. The molecule has 0 unspecified atom stereocenters. The van der Waals surface area contributed by atoms with Gasteiger partial charge < -0.3 is 19.1 Å². The van der Waals surface area contributed by atoms with Crippen molar-refractivity contribution < 1.29 is 23.8 Å². The van der Waals surface area contributed by atoms with Crippen LogP contribution in [0.3, 0.4) is 0 Å². The lowest BCUT2D eigenvalue weighted by Gasteiger charge is -2.32. The van der Waals surface area contributed by atoms with E-state index < -0.39 is 0 Å². The first-order chi connectivity index (χ1) is 13.6. The summed E-state index contributed by atoms with van der Waals surface area (Å²) in [6, 6.07) is 12.4. The number of ketones is 1. The number of benzene rings is 2. The summed E-state index contributed by atoms with van der Waals surface area (Å²) >= 11 is 0.